The highest BCUT2D eigenvalue weighted by atomic mass is 35.5. The van der Waals surface area contributed by atoms with Crippen molar-refractivity contribution >= 4 is 17.4 Å². The Morgan fingerprint density at radius 1 is 1.14 bits per heavy atom. The van der Waals surface area contributed by atoms with Gasteiger partial charge in [-0.1, -0.05) is 28.9 Å². The van der Waals surface area contributed by atoms with Crippen LogP contribution in [0.5, 0.6) is 11.5 Å². The molecule has 0 aliphatic heterocycles. The molecule has 0 fully saturated rings. The number of hydrogen-bond donors (Lipinski definition) is 2. The van der Waals surface area contributed by atoms with E-state index in [1.165, 1.54) is 0 Å². The Balaban J connectivity index is 2.54. The maximum absolute atomic E-state index is 8.88. The molecule has 0 saturated carbocycles. The second kappa shape index (κ2) is 6.06. The van der Waals surface area contributed by atoms with Crippen LogP contribution in [-0.4, -0.2) is 11.0 Å². The first-order chi connectivity index (χ1) is 9.93. The van der Waals surface area contributed by atoms with Gasteiger partial charge in [0.05, 0.1) is 5.56 Å². The molecule has 3 N–H and O–H groups in total. The van der Waals surface area contributed by atoms with E-state index < -0.39 is 0 Å². The summed E-state index contributed by atoms with van der Waals surface area (Å²) < 4.78 is 6.00. The molecule has 0 heterocycles. The number of nitrogens with zero attached hydrogens (tertiary/aromatic N) is 1. The monoisotopic (exact) mass is 304 g/mol. The maximum atomic E-state index is 8.88. The quantitative estimate of drug-likeness (QED) is 0.387. The number of hydrogen-bond acceptors (Lipinski definition) is 3. The number of benzene rings is 2. The molecule has 0 aliphatic rings. The van der Waals surface area contributed by atoms with Crippen LogP contribution in [0.1, 0.15) is 22.3 Å². The van der Waals surface area contributed by atoms with Crippen molar-refractivity contribution in [2.45, 2.75) is 20.8 Å². The van der Waals surface area contributed by atoms with Crippen molar-refractivity contribution in [3.63, 3.8) is 0 Å². The molecule has 0 amide bonds. The molecule has 5 heteroatoms. The van der Waals surface area contributed by atoms with Crippen LogP contribution in [0, 0.1) is 20.8 Å². The number of oxime groups is 1. The molecule has 110 valence electrons. The number of rotatable bonds is 3. The summed E-state index contributed by atoms with van der Waals surface area (Å²) in [5.41, 5.74) is 9.34. The zero-order chi connectivity index (χ0) is 15.6. The van der Waals surface area contributed by atoms with Crippen molar-refractivity contribution in [2.24, 2.45) is 10.9 Å². The minimum absolute atomic E-state index is 0.0235. The molecule has 0 bridgehead atoms. The lowest BCUT2D eigenvalue weighted by Crippen LogP contribution is -2.14. The normalized spacial score (nSPS) is 11.5. The van der Waals surface area contributed by atoms with E-state index in [1.807, 2.05) is 32.9 Å². The summed E-state index contributed by atoms with van der Waals surface area (Å²) >= 11 is 6.02. The molecule has 0 spiro atoms. The Bertz CT molecular complexity index is 712. The van der Waals surface area contributed by atoms with Crippen molar-refractivity contribution < 1.29 is 9.94 Å². The van der Waals surface area contributed by atoms with E-state index in [0.29, 0.717) is 16.3 Å². The Labute approximate surface area is 128 Å². The number of ether oxygens (including phenoxy) is 1. The SMILES string of the molecule is Cc1ccc(C)c(Oc2cc(Cl)ccc2C(N)=NO)c1C. The lowest BCUT2D eigenvalue weighted by atomic mass is 10.1. The Kier molecular flexibility index (Phi) is 4.38. The highest BCUT2D eigenvalue weighted by Crippen LogP contribution is 2.33. The average Bonchev–Trinajstić information content (AvgIpc) is 2.47. The van der Waals surface area contributed by atoms with Gasteiger partial charge in [-0.15, -0.1) is 0 Å². The number of nitrogens with two attached hydrogens (primary N) is 1. The molecule has 0 saturated heterocycles. The third kappa shape index (κ3) is 3.11. The number of aryl methyl sites for hydroxylation is 2. The minimum Gasteiger partial charge on any atom is -0.456 e. The Hall–Kier alpha value is -2.20. The van der Waals surface area contributed by atoms with E-state index in [1.54, 1.807) is 18.2 Å². The number of amidine groups is 1. The fourth-order valence-corrected chi connectivity index (χ4v) is 2.20. The summed E-state index contributed by atoms with van der Waals surface area (Å²) in [6.45, 7) is 5.98. The highest BCUT2D eigenvalue weighted by Gasteiger charge is 2.13. The molecular formula is C16H17ClN2O2. The van der Waals surface area contributed by atoms with Gasteiger partial charge in [0.15, 0.2) is 5.84 Å². The predicted molar refractivity (Wildman–Crippen MR) is 84.7 cm³/mol. The van der Waals surface area contributed by atoms with Crippen molar-refractivity contribution in [1.29, 1.82) is 0 Å². The molecule has 2 aromatic rings. The van der Waals surface area contributed by atoms with E-state index in [9.17, 15) is 0 Å². The minimum atomic E-state index is -0.0235. The second-order valence-electron chi connectivity index (χ2n) is 4.88. The van der Waals surface area contributed by atoms with Crippen molar-refractivity contribution in [3.05, 3.63) is 57.6 Å². The van der Waals surface area contributed by atoms with Gasteiger partial charge in [0.1, 0.15) is 11.5 Å². The standard InChI is InChI=1S/C16H17ClN2O2/c1-9-4-5-10(2)15(11(9)3)21-14-8-12(17)6-7-13(14)16(18)19-20/h4-8,20H,1-3H3,(H2,18,19). The van der Waals surface area contributed by atoms with Crippen LogP contribution < -0.4 is 10.5 Å². The van der Waals surface area contributed by atoms with Crippen LogP contribution in [0.2, 0.25) is 5.02 Å². The molecule has 0 atom stereocenters. The molecule has 2 rings (SSSR count). The van der Waals surface area contributed by atoms with E-state index in [0.717, 1.165) is 22.4 Å². The summed E-state index contributed by atoms with van der Waals surface area (Å²) in [4.78, 5) is 0. The zero-order valence-corrected chi connectivity index (χ0v) is 12.9. The highest BCUT2D eigenvalue weighted by molar-refractivity contribution is 6.30. The molecule has 0 radical (unpaired) electrons. The van der Waals surface area contributed by atoms with Gasteiger partial charge in [0, 0.05) is 11.1 Å². The topological polar surface area (TPSA) is 67.8 Å². The molecule has 0 aromatic heterocycles. The first kappa shape index (κ1) is 15.2. The lowest BCUT2D eigenvalue weighted by molar-refractivity contribution is 0.318. The van der Waals surface area contributed by atoms with Gasteiger partial charge in [-0.25, -0.2) is 0 Å². The van der Waals surface area contributed by atoms with Crippen LogP contribution >= 0.6 is 11.6 Å². The fraction of sp³-hybridized carbons (Fsp3) is 0.188. The van der Waals surface area contributed by atoms with E-state index in [4.69, 9.17) is 27.3 Å². The fourth-order valence-electron chi connectivity index (χ4n) is 2.04. The van der Waals surface area contributed by atoms with Gasteiger partial charge in [-0.2, -0.15) is 0 Å². The largest absolute Gasteiger partial charge is 0.456 e. The van der Waals surface area contributed by atoms with Crippen LogP contribution in [-0.2, 0) is 0 Å². The Morgan fingerprint density at radius 3 is 2.48 bits per heavy atom. The second-order valence-corrected chi connectivity index (χ2v) is 5.32. The Morgan fingerprint density at radius 2 is 1.81 bits per heavy atom. The summed E-state index contributed by atoms with van der Waals surface area (Å²) in [6, 6.07) is 9.01. The first-order valence-electron chi connectivity index (χ1n) is 6.46. The summed E-state index contributed by atoms with van der Waals surface area (Å²) in [5.74, 6) is 1.18. The van der Waals surface area contributed by atoms with Gasteiger partial charge in [-0.3, -0.25) is 0 Å². The van der Waals surface area contributed by atoms with Gasteiger partial charge < -0.3 is 15.7 Å². The third-order valence-corrected chi connectivity index (χ3v) is 3.65. The van der Waals surface area contributed by atoms with Crippen LogP contribution in [0.3, 0.4) is 0 Å². The third-order valence-electron chi connectivity index (χ3n) is 3.41. The molecule has 0 unspecified atom stereocenters. The van der Waals surface area contributed by atoms with E-state index >= 15 is 0 Å². The summed E-state index contributed by atoms with van der Waals surface area (Å²) in [5, 5.41) is 12.4. The molecule has 0 aliphatic carbocycles. The summed E-state index contributed by atoms with van der Waals surface area (Å²) in [7, 11) is 0. The average molecular weight is 305 g/mol. The van der Waals surface area contributed by atoms with Crippen LogP contribution in [0.25, 0.3) is 0 Å². The smallest absolute Gasteiger partial charge is 0.173 e. The van der Waals surface area contributed by atoms with Crippen molar-refractivity contribution in [3.8, 4) is 11.5 Å². The van der Waals surface area contributed by atoms with Gasteiger partial charge in [-0.05, 0) is 49.6 Å². The molecule has 4 nitrogen and oxygen atoms in total. The van der Waals surface area contributed by atoms with E-state index in [-0.39, 0.29) is 5.84 Å². The molecule has 2 aromatic carbocycles. The summed E-state index contributed by atoms with van der Waals surface area (Å²) in [6.07, 6.45) is 0. The maximum Gasteiger partial charge on any atom is 0.173 e. The zero-order valence-electron chi connectivity index (χ0n) is 12.1. The number of halogens is 1. The van der Waals surface area contributed by atoms with Crippen LogP contribution in [0.15, 0.2) is 35.5 Å². The predicted octanol–water partition coefficient (Wildman–Crippen LogP) is 4.15. The lowest BCUT2D eigenvalue weighted by Gasteiger charge is -2.16. The molecular weight excluding hydrogens is 288 g/mol. The first-order valence-corrected chi connectivity index (χ1v) is 6.84. The van der Waals surface area contributed by atoms with Crippen LogP contribution in [0.4, 0.5) is 0 Å². The van der Waals surface area contributed by atoms with Gasteiger partial charge in [0.25, 0.3) is 0 Å². The van der Waals surface area contributed by atoms with Gasteiger partial charge >= 0.3 is 0 Å². The van der Waals surface area contributed by atoms with Crippen molar-refractivity contribution in [2.75, 3.05) is 0 Å². The molecule has 21 heavy (non-hydrogen) atoms. The van der Waals surface area contributed by atoms with Crippen molar-refractivity contribution in [1.82, 2.24) is 0 Å². The van der Waals surface area contributed by atoms with Gasteiger partial charge in [0.2, 0.25) is 0 Å². The van der Waals surface area contributed by atoms with E-state index in [2.05, 4.69) is 5.16 Å².